The number of ether oxygens (including phenoxy) is 1. The summed E-state index contributed by atoms with van der Waals surface area (Å²) in [7, 11) is 0. The quantitative estimate of drug-likeness (QED) is 0.554. The molecule has 0 amide bonds. The molecule has 0 aromatic heterocycles. The molecule has 2 rings (SSSR count). The van der Waals surface area contributed by atoms with Gasteiger partial charge in [-0.25, -0.2) is 0 Å². The van der Waals surface area contributed by atoms with Gasteiger partial charge in [0.05, 0.1) is 16.9 Å². The fourth-order valence-corrected chi connectivity index (χ4v) is 1.46. The lowest BCUT2D eigenvalue weighted by molar-refractivity contribution is -0.0208. The summed E-state index contributed by atoms with van der Waals surface area (Å²) in [6, 6.07) is 2.88. The van der Waals surface area contributed by atoms with Crippen LogP contribution in [0.15, 0.2) is 17.1 Å². The van der Waals surface area contributed by atoms with E-state index in [1.165, 1.54) is 12.1 Å². The van der Waals surface area contributed by atoms with Crippen LogP contribution in [0, 0.1) is 0 Å². The number of aliphatic imine (C=N–C) groups is 1. The van der Waals surface area contributed by atoms with E-state index < -0.39 is 12.5 Å². The molecule has 1 aromatic rings. The van der Waals surface area contributed by atoms with Gasteiger partial charge in [-0.1, -0.05) is 0 Å². The van der Waals surface area contributed by atoms with Crippen LogP contribution < -0.4 is 10.5 Å². The first-order chi connectivity index (χ1) is 6.56. The number of hydrogen-bond acceptors (Lipinski definition) is 3. The highest BCUT2D eigenvalue weighted by molar-refractivity contribution is 5.70. The van der Waals surface area contributed by atoms with Crippen molar-refractivity contribution in [2.45, 2.75) is 5.92 Å². The Balaban J connectivity index is 2.72. The van der Waals surface area contributed by atoms with Crippen LogP contribution in [-0.2, 0) is 5.92 Å². The van der Waals surface area contributed by atoms with Crippen LogP contribution in [0.4, 0.5) is 20.2 Å². The molecule has 0 saturated heterocycles. The fourth-order valence-electron chi connectivity index (χ4n) is 1.46. The molecule has 2 N–H and O–H groups in total. The van der Waals surface area contributed by atoms with Crippen molar-refractivity contribution in [3.63, 3.8) is 0 Å². The lowest BCUT2D eigenvalue weighted by Crippen LogP contribution is -2.14. The van der Waals surface area contributed by atoms with E-state index in [1.54, 1.807) is 0 Å². The van der Waals surface area contributed by atoms with E-state index in [0.29, 0.717) is 0 Å². The molecule has 0 fully saturated rings. The van der Waals surface area contributed by atoms with Crippen molar-refractivity contribution in [3.8, 4) is 5.75 Å². The Morgan fingerprint density at radius 1 is 1.50 bits per heavy atom. The number of fused-ring (bicyclic) bond motifs is 1. The largest absolute Gasteiger partial charge is 0.484 e. The normalized spacial score (nSPS) is 17.3. The summed E-state index contributed by atoms with van der Waals surface area (Å²) in [6.45, 7) is 2.54. The van der Waals surface area contributed by atoms with Gasteiger partial charge in [0.25, 0.3) is 0 Å². The Morgan fingerprint density at radius 3 is 2.86 bits per heavy atom. The van der Waals surface area contributed by atoms with Gasteiger partial charge in [-0.15, -0.1) is 0 Å². The summed E-state index contributed by atoms with van der Waals surface area (Å²) >= 11 is 0. The highest BCUT2D eigenvalue weighted by Crippen LogP contribution is 2.49. The summed E-state index contributed by atoms with van der Waals surface area (Å²) in [5.74, 6) is -3.00. The zero-order chi connectivity index (χ0) is 10.3. The van der Waals surface area contributed by atoms with Gasteiger partial charge in [0.2, 0.25) is 0 Å². The van der Waals surface area contributed by atoms with Gasteiger partial charge in [-0.05, 0) is 18.9 Å². The summed E-state index contributed by atoms with van der Waals surface area (Å²) < 4.78 is 31.4. The number of nitrogen functional groups attached to an aromatic ring is 1. The number of nitrogens with zero attached hydrogens (tertiary/aromatic N) is 1. The Kier molecular flexibility index (Phi) is 1.70. The second-order valence-electron chi connectivity index (χ2n) is 3.03. The zero-order valence-corrected chi connectivity index (χ0v) is 7.26. The predicted molar refractivity (Wildman–Crippen MR) is 49.5 cm³/mol. The molecule has 3 nitrogen and oxygen atoms in total. The number of nitrogens with two attached hydrogens (primary N) is 1. The first-order valence-corrected chi connectivity index (χ1v) is 3.96. The topological polar surface area (TPSA) is 47.6 Å². The molecular formula is C9H8F2N2O. The smallest absolute Gasteiger partial charge is 0.312 e. The van der Waals surface area contributed by atoms with Crippen LogP contribution >= 0.6 is 0 Å². The van der Waals surface area contributed by atoms with Gasteiger partial charge < -0.3 is 10.5 Å². The number of hydrogen-bond donors (Lipinski definition) is 1. The summed E-state index contributed by atoms with van der Waals surface area (Å²) in [6.07, 6.45) is 0. The Hall–Kier alpha value is -1.65. The highest BCUT2D eigenvalue weighted by Gasteiger charge is 2.44. The molecule has 14 heavy (non-hydrogen) atoms. The average molecular weight is 198 g/mol. The Labute approximate surface area is 79.2 Å². The predicted octanol–water partition coefficient (Wildman–Crippen LogP) is 2.09. The molecule has 0 radical (unpaired) electrons. The maximum Gasteiger partial charge on any atom is 0.312 e. The number of rotatable bonds is 1. The lowest BCUT2D eigenvalue weighted by Gasteiger charge is -2.09. The van der Waals surface area contributed by atoms with Gasteiger partial charge in [0.1, 0.15) is 0 Å². The first-order valence-electron chi connectivity index (χ1n) is 3.96. The molecule has 0 unspecified atom stereocenters. The van der Waals surface area contributed by atoms with Crippen molar-refractivity contribution in [3.05, 3.63) is 17.7 Å². The van der Waals surface area contributed by atoms with Crippen LogP contribution in [0.2, 0.25) is 0 Å². The van der Waals surface area contributed by atoms with Crippen molar-refractivity contribution in [2.24, 2.45) is 4.99 Å². The van der Waals surface area contributed by atoms with Crippen LogP contribution in [0.3, 0.4) is 0 Å². The second kappa shape index (κ2) is 2.67. The van der Waals surface area contributed by atoms with E-state index in [2.05, 4.69) is 11.7 Å². The number of alkyl halides is 2. The summed E-state index contributed by atoms with van der Waals surface area (Å²) in [5, 5.41) is 0. The lowest BCUT2D eigenvalue weighted by atomic mass is 10.1. The molecule has 1 aliphatic rings. The summed E-state index contributed by atoms with van der Waals surface area (Å²) in [5.41, 5.74) is 5.56. The van der Waals surface area contributed by atoms with E-state index in [0.717, 1.165) is 0 Å². The molecule has 0 spiro atoms. The van der Waals surface area contributed by atoms with E-state index >= 15 is 0 Å². The summed E-state index contributed by atoms with van der Waals surface area (Å²) in [4.78, 5) is 3.51. The molecule has 0 bridgehead atoms. The minimum atomic E-state index is -3.03. The molecule has 1 aromatic carbocycles. The molecular weight excluding hydrogens is 190 g/mol. The molecule has 1 aliphatic heterocycles. The monoisotopic (exact) mass is 198 g/mol. The molecule has 0 aliphatic carbocycles. The number of halogens is 2. The van der Waals surface area contributed by atoms with Crippen molar-refractivity contribution in [2.75, 3.05) is 12.3 Å². The minimum Gasteiger partial charge on any atom is -0.484 e. The minimum absolute atomic E-state index is 0.0277. The molecule has 1 heterocycles. The Morgan fingerprint density at radius 2 is 2.21 bits per heavy atom. The van der Waals surface area contributed by atoms with Crippen LogP contribution in [0.1, 0.15) is 5.56 Å². The maximum absolute atomic E-state index is 13.3. The SMILES string of the molecule is C=Nc1ccc(N)c2c1C(F)(F)CO2. The van der Waals surface area contributed by atoms with Gasteiger partial charge in [0, 0.05) is 0 Å². The average Bonchev–Trinajstić information content (AvgIpc) is 2.45. The van der Waals surface area contributed by atoms with Gasteiger partial charge >= 0.3 is 5.92 Å². The molecule has 0 atom stereocenters. The van der Waals surface area contributed by atoms with Gasteiger partial charge in [-0.2, -0.15) is 8.78 Å². The van der Waals surface area contributed by atoms with Crippen LogP contribution in [0.25, 0.3) is 0 Å². The molecule has 5 heteroatoms. The van der Waals surface area contributed by atoms with Gasteiger partial charge in [-0.3, -0.25) is 4.99 Å². The maximum atomic E-state index is 13.3. The van der Waals surface area contributed by atoms with Crippen molar-refractivity contribution in [1.82, 2.24) is 0 Å². The Bertz CT molecular complexity index is 404. The van der Waals surface area contributed by atoms with E-state index in [4.69, 9.17) is 10.5 Å². The molecule has 74 valence electrons. The first kappa shape index (κ1) is 8.93. The highest BCUT2D eigenvalue weighted by atomic mass is 19.3. The van der Waals surface area contributed by atoms with Crippen LogP contribution in [0.5, 0.6) is 5.75 Å². The fraction of sp³-hybridized carbons (Fsp3) is 0.222. The second-order valence-corrected chi connectivity index (χ2v) is 3.03. The third kappa shape index (κ3) is 1.05. The van der Waals surface area contributed by atoms with Gasteiger partial charge in [0.15, 0.2) is 12.4 Å². The van der Waals surface area contributed by atoms with E-state index in [9.17, 15) is 8.78 Å². The molecule has 0 saturated carbocycles. The van der Waals surface area contributed by atoms with Crippen molar-refractivity contribution in [1.29, 1.82) is 0 Å². The van der Waals surface area contributed by atoms with E-state index in [-0.39, 0.29) is 22.7 Å². The number of benzene rings is 1. The standard InChI is InChI=1S/C9H8F2N2O/c1-13-6-3-2-5(12)8-7(6)9(10,11)4-14-8/h2-3H,1,4,12H2. The van der Waals surface area contributed by atoms with E-state index in [1.807, 2.05) is 0 Å². The third-order valence-electron chi connectivity index (χ3n) is 2.10. The third-order valence-corrected chi connectivity index (χ3v) is 2.10. The van der Waals surface area contributed by atoms with Crippen molar-refractivity contribution < 1.29 is 13.5 Å². The zero-order valence-electron chi connectivity index (χ0n) is 7.26. The number of anilines is 1. The van der Waals surface area contributed by atoms with Crippen molar-refractivity contribution >= 4 is 18.1 Å². The van der Waals surface area contributed by atoms with Crippen LogP contribution in [-0.4, -0.2) is 13.3 Å².